The van der Waals surface area contributed by atoms with Gasteiger partial charge in [-0.3, -0.25) is 0 Å². The lowest BCUT2D eigenvalue weighted by Crippen LogP contribution is -1.99. The summed E-state index contributed by atoms with van der Waals surface area (Å²) in [6, 6.07) is 10.4. The molecule has 0 fully saturated rings. The van der Waals surface area contributed by atoms with E-state index < -0.39 is 5.97 Å². The summed E-state index contributed by atoms with van der Waals surface area (Å²) in [7, 11) is 1.34. The number of oxime groups is 1. The van der Waals surface area contributed by atoms with Crippen molar-refractivity contribution in [3.05, 3.63) is 68.0 Å². The van der Waals surface area contributed by atoms with Crippen molar-refractivity contribution >= 4 is 46.7 Å². The van der Waals surface area contributed by atoms with E-state index in [0.29, 0.717) is 32.0 Å². The highest BCUT2D eigenvalue weighted by atomic mass is 35.5. The first-order valence-corrected chi connectivity index (χ1v) is 9.07. The van der Waals surface area contributed by atoms with Crippen LogP contribution in [0.1, 0.15) is 21.0 Å². The van der Waals surface area contributed by atoms with E-state index in [1.54, 1.807) is 41.8 Å². The van der Waals surface area contributed by atoms with Gasteiger partial charge in [0.15, 0.2) is 0 Å². The van der Waals surface area contributed by atoms with Crippen LogP contribution < -0.4 is 0 Å². The summed E-state index contributed by atoms with van der Waals surface area (Å²) < 4.78 is 10.4. The molecule has 0 unspecified atom stereocenters. The van der Waals surface area contributed by atoms with Crippen LogP contribution in [0.25, 0.3) is 11.3 Å². The molecule has 0 saturated heterocycles. The maximum Gasteiger partial charge on any atom is 0.348 e. The molecular formula is C18H13Cl2NO4S. The SMILES string of the molecule is COC(=O)c1sccc1-c1ccc(/C=N/OCc2ccc(Cl)cc2Cl)o1. The molecule has 3 rings (SSSR count). The number of halogens is 2. The molecule has 0 aliphatic heterocycles. The first-order chi connectivity index (χ1) is 12.6. The normalized spacial score (nSPS) is 11.0. The highest BCUT2D eigenvalue weighted by Gasteiger charge is 2.17. The van der Waals surface area contributed by atoms with Crippen LogP contribution in [0.5, 0.6) is 0 Å². The Morgan fingerprint density at radius 3 is 2.88 bits per heavy atom. The first kappa shape index (κ1) is 18.5. The molecule has 0 aliphatic carbocycles. The van der Waals surface area contributed by atoms with Crippen molar-refractivity contribution < 1.29 is 18.8 Å². The maximum atomic E-state index is 11.8. The van der Waals surface area contributed by atoms with Crippen molar-refractivity contribution in [1.82, 2.24) is 0 Å². The summed E-state index contributed by atoms with van der Waals surface area (Å²) in [6.07, 6.45) is 1.44. The number of furan rings is 1. The van der Waals surface area contributed by atoms with Gasteiger partial charge in [-0.2, -0.15) is 0 Å². The average Bonchev–Trinajstić information content (AvgIpc) is 3.28. The molecule has 26 heavy (non-hydrogen) atoms. The van der Waals surface area contributed by atoms with Gasteiger partial charge in [0.2, 0.25) is 0 Å². The fourth-order valence-electron chi connectivity index (χ4n) is 2.16. The Balaban J connectivity index is 1.64. The number of methoxy groups -OCH3 is 1. The van der Waals surface area contributed by atoms with Crippen LogP contribution in [0.4, 0.5) is 0 Å². The van der Waals surface area contributed by atoms with Gasteiger partial charge >= 0.3 is 5.97 Å². The average molecular weight is 410 g/mol. The molecule has 0 amide bonds. The number of esters is 1. The van der Waals surface area contributed by atoms with Gasteiger partial charge in [0.1, 0.15) is 29.2 Å². The summed E-state index contributed by atoms with van der Waals surface area (Å²) >= 11 is 13.2. The molecule has 0 N–H and O–H groups in total. The summed E-state index contributed by atoms with van der Waals surface area (Å²) in [5.74, 6) is 0.642. The fraction of sp³-hybridized carbons (Fsp3) is 0.111. The zero-order valence-electron chi connectivity index (χ0n) is 13.6. The Morgan fingerprint density at radius 2 is 2.12 bits per heavy atom. The third-order valence-corrected chi connectivity index (χ3v) is 4.90. The Bertz CT molecular complexity index is 948. The van der Waals surface area contributed by atoms with Crippen molar-refractivity contribution in [3.63, 3.8) is 0 Å². The Hall–Kier alpha value is -2.28. The molecule has 0 aliphatic rings. The zero-order valence-corrected chi connectivity index (χ0v) is 15.9. The molecule has 5 nitrogen and oxygen atoms in total. The van der Waals surface area contributed by atoms with Crippen molar-refractivity contribution in [2.45, 2.75) is 6.61 Å². The van der Waals surface area contributed by atoms with Gasteiger partial charge < -0.3 is 14.0 Å². The molecule has 8 heteroatoms. The molecule has 0 bridgehead atoms. The summed E-state index contributed by atoms with van der Waals surface area (Å²) in [5, 5.41) is 6.75. The number of carbonyl (C=O) groups is 1. The number of rotatable bonds is 6. The number of carbonyl (C=O) groups excluding carboxylic acids is 1. The van der Waals surface area contributed by atoms with Gasteiger partial charge in [-0.1, -0.05) is 34.4 Å². The van der Waals surface area contributed by atoms with Crippen molar-refractivity contribution in [2.24, 2.45) is 5.16 Å². The molecule has 0 radical (unpaired) electrons. The van der Waals surface area contributed by atoms with Gasteiger partial charge in [-0.05, 0) is 35.7 Å². The molecule has 2 heterocycles. The molecule has 0 saturated carbocycles. The number of nitrogens with zero attached hydrogens (tertiary/aromatic N) is 1. The van der Waals surface area contributed by atoms with Crippen LogP contribution in [0.3, 0.4) is 0 Å². The first-order valence-electron chi connectivity index (χ1n) is 7.43. The third-order valence-electron chi connectivity index (χ3n) is 3.42. The summed E-state index contributed by atoms with van der Waals surface area (Å²) in [4.78, 5) is 17.5. The lowest BCUT2D eigenvalue weighted by molar-refractivity contribution is 0.0607. The monoisotopic (exact) mass is 409 g/mol. The molecule has 134 valence electrons. The molecule has 0 spiro atoms. The van der Waals surface area contributed by atoms with E-state index in [0.717, 1.165) is 5.56 Å². The van der Waals surface area contributed by atoms with Crippen molar-refractivity contribution in [3.8, 4) is 11.3 Å². The van der Waals surface area contributed by atoms with Crippen LogP contribution >= 0.6 is 34.5 Å². The standard InChI is InChI=1S/C18H13Cl2NO4S/c1-23-18(22)17-14(6-7-26-17)16-5-4-13(25-16)9-21-24-10-11-2-3-12(19)8-15(11)20/h2-9H,10H2,1H3/b21-9+. The van der Waals surface area contributed by atoms with E-state index in [4.69, 9.17) is 37.2 Å². The fourth-order valence-corrected chi connectivity index (χ4v) is 3.43. The second-order valence-electron chi connectivity index (χ2n) is 5.10. The Kier molecular flexibility index (Phi) is 5.98. The van der Waals surface area contributed by atoms with E-state index in [9.17, 15) is 4.79 Å². The minimum atomic E-state index is -0.398. The smallest absolute Gasteiger partial charge is 0.348 e. The number of thiophene rings is 1. The second-order valence-corrected chi connectivity index (χ2v) is 6.86. The minimum Gasteiger partial charge on any atom is -0.465 e. The zero-order chi connectivity index (χ0) is 18.5. The topological polar surface area (TPSA) is 61.0 Å². The van der Waals surface area contributed by atoms with Crippen LogP contribution in [0, 0.1) is 0 Å². The van der Waals surface area contributed by atoms with Gasteiger partial charge in [0, 0.05) is 21.2 Å². The number of hydrogen-bond donors (Lipinski definition) is 0. The minimum absolute atomic E-state index is 0.205. The van der Waals surface area contributed by atoms with E-state index in [1.807, 2.05) is 0 Å². The highest BCUT2D eigenvalue weighted by Crippen LogP contribution is 2.30. The van der Waals surface area contributed by atoms with Gasteiger partial charge in [-0.25, -0.2) is 4.79 Å². The lowest BCUT2D eigenvalue weighted by Gasteiger charge is -2.02. The predicted octanol–water partition coefficient (Wildman–Crippen LogP) is 5.65. The largest absolute Gasteiger partial charge is 0.465 e. The van der Waals surface area contributed by atoms with Crippen molar-refractivity contribution in [1.29, 1.82) is 0 Å². The van der Waals surface area contributed by atoms with Crippen LogP contribution in [-0.4, -0.2) is 19.3 Å². The predicted molar refractivity (Wildman–Crippen MR) is 102 cm³/mol. The number of benzene rings is 1. The van der Waals surface area contributed by atoms with E-state index in [2.05, 4.69) is 5.16 Å². The van der Waals surface area contributed by atoms with Crippen LogP contribution in [0.15, 0.2) is 51.4 Å². The molecule has 0 atom stereocenters. The summed E-state index contributed by atoms with van der Waals surface area (Å²) in [5.41, 5.74) is 1.45. The van der Waals surface area contributed by atoms with Crippen LogP contribution in [0.2, 0.25) is 10.0 Å². The van der Waals surface area contributed by atoms with Crippen LogP contribution in [-0.2, 0) is 16.2 Å². The maximum absolute atomic E-state index is 11.8. The number of ether oxygens (including phenoxy) is 1. The molecule has 2 aromatic heterocycles. The van der Waals surface area contributed by atoms with E-state index >= 15 is 0 Å². The molecule has 1 aromatic carbocycles. The van der Waals surface area contributed by atoms with Gasteiger partial charge in [-0.15, -0.1) is 11.3 Å². The summed E-state index contributed by atoms with van der Waals surface area (Å²) in [6.45, 7) is 0.205. The Labute approximate surface area is 163 Å². The Morgan fingerprint density at radius 1 is 1.27 bits per heavy atom. The van der Waals surface area contributed by atoms with E-state index in [1.165, 1.54) is 24.7 Å². The third kappa shape index (κ3) is 4.27. The van der Waals surface area contributed by atoms with Gasteiger partial charge in [0.25, 0.3) is 0 Å². The van der Waals surface area contributed by atoms with E-state index in [-0.39, 0.29) is 6.61 Å². The second kappa shape index (κ2) is 8.40. The number of hydrogen-bond acceptors (Lipinski definition) is 6. The van der Waals surface area contributed by atoms with Crippen molar-refractivity contribution in [2.75, 3.05) is 7.11 Å². The molecular weight excluding hydrogens is 397 g/mol. The van der Waals surface area contributed by atoms with Gasteiger partial charge in [0.05, 0.1) is 7.11 Å². The molecule has 3 aromatic rings. The quantitative estimate of drug-likeness (QED) is 0.299. The highest BCUT2D eigenvalue weighted by molar-refractivity contribution is 7.12. The lowest BCUT2D eigenvalue weighted by atomic mass is 10.2.